The molecular formula is C15H19NO2S. The van der Waals surface area contributed by atoms with Crippen LogP contribution in [0.1, 0.15) is 34.0 Å². The van der Waals surface area contributed by atoms with Crippen molar-refractivity contribution < 1.29 is 8.63 Å². The molecule has 0 N–H and O–H groups in total. The minimum Gasteiger partial charge on any atom is -0.445 e. The highest BCUT2D eigenvalue weighted by atomic mass is 32.2. The van der Waals surface area contributed by atoms with E-state index in [1.54, 1.807) is 0 Å². The van der Waals surface area contributed by atoms with Gasteiger partial charge in [-0.15, -0.1) is 0 Å². The lowest BCUT2D eigenvalue weighted by atomic mass is 10.1. The molecule has 0 amide bonds. The van der Waals surface area contributed by atoms with Crippen molar-refractivity contribution in [1.82, 2.24) is 4.98 Å². The van der Waals surface area contributed by atoms with Gasteiger partial charge in [0.15, 0.2) is 0 Å². The molecule has 0 bridgehead atoms. The Bertz CT molecular complexity index is 597. The highest BCUT2D eigenvalue weighted by Crippen LogP contribution is 2.16. The van der Waals surface area contributed by atoms with Crippen LogP contribution in [0.3, 0.4) is 0 Å². The first-order chi connectivity index (χ1) is 8.95. The van der Waals surface area contributed by atoms with Crippen molar-refractivity contribution >= 4 is 10.8 Å². The molecular weight excluding hydrogens is 258 g/mol. The predicted molar refractivity (Wildman–Crippen MR) is 77.4 cm³/mol. The van der Waals surface area contributed by atoms with Crippen LogP contribution in [0.2, 0.25) is 0 Å². The second kappa shape index (κ2) is 5.70. The molecule has 0 aliphatic carbocycles. The topological polar surface area (TPSA) is 43.1 Å². The second-order valence-electron chi connectivity index (χ2n) is 4.91. The van der Waals surface area contributed by atoms with Crippen molar-refractivity contribution in [3.05, 3.63) is 52.2 Å². The van der Waals surface area contributed by atoms with Gasteiger partial charge in [0.05, 0.1) is 5.69 Å². The van der Waals surface area contributed by atoms with Gasteiger partial charge in [-0.1, -0.05) is 23.8 Å². The molecule has 1 aromatic heterocycles. The molecule has 2 aromatic rings. The number of aryl methyl sites for hydroxylation is 4. The molecule has 1 aromatic carbocycles. The molecule has 4 heteroatoms. The third-order valence-corrected chi connectivity index (χ3v) is 4.38. The molecule has 1 heterocycles. The number of rotatable bonds is 4. The fourth-order valence-corrected chi connectivity index (χ4v) is 3.08. The first-order valence-corrected chi connectivity index (χ1v) is 7.78. The van der Waals surface area contributed by atoms with E-state index in [0.29, 0.717) is 17.4 Å². The smallest absolute Gasteiger partial charge is 0.207 e. The molecule has 2 rings (SSSR count). The third kappa shape index (κ3) is 3.53. The molecule has 102 valence electrons. The van der Waals surface area contributed by atoms with Crippen LogP contribution >= 0.6 is 0 Å². The molecule has 0 aliphatic heterocycles. The summed E-state index contributed by atoms with van der Waals surface area (Å²) in [5, 5.41) is 0. The standard InChI is InChI=1S/C15H19NO2S/c1-10-5-6-11(2)14(7-10)8-19(17)9-15-16-12(3)13(4)18-15/h5-7H,8-9H2,1-4H3/t19-/m0/s1. The van der Waals surface area contributed by atoms with E-state index in [4.69, 9.17) is 4.42 Å². The Morgan fingerprint density at radius 2 is 1.89 bits per heavy atom. The van der Waals surface area contributed by atoms with E-state index in [2.05, 4.69) is 23.2 Å². The van der Waals surface area contributed by atoms with E-state index in [9.17, 15) is 4.21 Å². The van der Waals surface area contributed by atoms with Crippen molar-refractivity contribution in [3.8, 4) is 0 Å². The maximum Gasteiger partial charge on any atom is 0.207 e. The van der Waals surface area contributed by atoms with Crippen molar-refractivity contribution in [2.45, 2.75) is 39.2 Å². The zero-order valence-electron chi connectivity index (χ0n) is 11.8. The quantitative estimate of drug-likeness (QED) is 0.860. The summed E-state index contributed by atoms with van der Waals surface area (Å²) < 4.78 is 17.6. The molecule has 0 aliphatic rings. The van der Waals surface area contributed by atoms with Crippen LogP contribution < -0.4 is 0 Å². The molecule has 0 fully saturated rings. The first kappa shape index (κ1) is 14.0. The molecule has 0 saturated heterocycles. The van der Waals surface area contributed by atoms with E-state index >= 15 is 0 Å². The van der Waals surface area contributed by atoms with E-state index < -0.39 is 10.8 Å². The Balaban J connectivity index is 2.07. The number of nitrogens with zero attached hydrogens (tertiary/aromatic N) is 1. The van der Waals surface area contributed by atoms with Gasteiger partial charge in [0.1, 0.15) is 11.5 Å². The van der Waals surface area contributed by atoms with Crippen LogP contribution in [-0.4, -0.2) is 9.19 Å². The summed E-state index contributed by atoms with van der Waals surface area (Å²) in [6.45, 7) is 7.87. The Labute approximate surface area is 116 Å². The molecule has 0 unspecified atom stereocenters. The Morgan fingerprint density at radius 3 is 2.53 bits per heavy atom. The lowest BCUT2D eigenvalue weighted by Crippen LogP contribution is -2.01. The minimum atomic E-state index is -0.992. The highest BCUT2D eigenvalue weighted by Gasteiger charge is 2.11. The lowest BCUT2D eigenvalue weighted by Gasteiger charge is -2.06. The van der Waals surface area contributed by atoms with E-state index in [1.165, 1.54) is 11.1 Å². The third-order valence-electron chi connectivity index (χ3n) is 3.18. The average molecular weight is 277 g/mol. The molecule has 0 radical (unpaired) electrons. The Kier molecular flexibility index (Phi) is 4.20. The minimum absolute atomic E-state index is 0.377. The average Bonchev–Trinajstić information content (AvgIpc) is 2.63. The van der Waals surface area contributed by atoms with E-state index in [-0.39, 0.29) is 0 Å². The SMILES string of the molecule is Cc1ccc(C)c(C[S@](=O)Cc2nc(C)c(C)o2)c1. The van der Waals surface area contributed by atoms with Crippen molar-refractivity contribution in [3.63, 3.8) is 0 Å². The van der Waals surface area contributed by atoms with Crippen LogP contribution in [0.4, 0.5) is 0 Å². The van der Waals surface area contributed by atoms with Gasteiger partial charge in [-0.2, -0.15) is 0 Å². The van der Waals surface area contributed by atoms with E-state index in [1.807, 2.05) is 27.7 Å². The van der Waals surface area contributed by atoms with Gasteiger partial charge < -0.3 is 4.42 Å². The number of oxazole rings is 1. The lowest BCUT2D eigenvalue weighted by molar-refractivity contribution is 0.487. The normalized spacial score (nSPS) is 12.6. The van der Waals surface area contributed by atoms with Crippen molar-refractivity contribution in [2.75, 3.05) is 0 Å². The van der Waals surface area contributed by atoms with Crippen LogP contribution in [0.15, 0.2) is 22.6 Å². The van der Waals surface area contributed by atoms with Gasteiger partial charge in [-0.05, 0) is 38.8 Å². The zero-order chi connectivity index (χ0) is 14.0. The maximum atomic E-state index is 12.2. The summed E-state index contributed by atoms with van der Waals surface area (Å²) in [6, 6.07) is 6.24. The summed E-state index contributed by atoms with van der Waals surface area (Å²) >= 11 is 0. The van der Waals surface area contributed by atoms with Gasteiger partial charge in [-0.25, -0.2) is 4.98 Å². The predicted octanol–water partition coefficient (Wildman–Crippen LogP) is 3.36. The van der Waals surface area contributed by atoms with Crippen LogP contribution in [0.5, 0.6) is 0 Å². The van der Waals surface area contributed by atoms with Gasteiger partial charge in [0.25, 0.3) is 0 Å². The number of hydrogen-bond acceptors (Lipinski definition) is 3. The largest absolute Gasteiger partial charge is 0.445 e. The molecule has 19 heavy (non-hydrogen) atoms. The highest BCUT2D eigenvalue weighted by molar-refractivity contribution is 7.83. The second-order valence-corrected chi connectivity index (χ2v) is 6.36. The summed E-state index contributed by atoms with van der Waals surface area (Å²) in [4.78, 5) is 4.27. The van der Waals surface area contributed by atoms with Crippen LogP contribution in [-0.2, 0) is 22.3 Å². The van der Waals surface area contributed by atoms with Gasteiger partial charge in [0.2, 0.25) is 5.89 Å². The molecule has 0 saturated carbocycles. The van der Waals surface area contributed by atoms with E-state index in [0.717, 1.165) is 17.0 Å². The number of benzene rings is 1. The summed E-state index contributed by atoms with van der Waals surface area (Å²) in [6.07, 6.45) is 0. The van der Waals surface area contributed by atoms with Gasteiger partial charge >= 0.3 is 0 Å². The summed E-state index contributed by atoms with van der Waals surface area (Å²) in [5.74, 6) is 2.30. The summed E-state index contributed by atoms with van der Waals surface area (Å²) in [7, 11) is -0.992. The van der Waals surface area contributed by atoms with Crippen molar-refractivity contribution in [1.29, 1.82) is 0 Å². The first-order valence-electron chi connectivity index (χ1n) is 6.29. The number of hydrogen-bond donors (Lipinski definition) is 0. The molecule has 0 spiro atoms. The fourth-order valence-electron chi connectivity index (χ4n) is 1.92. The Morgan fingerprint density at radius 1 is 1.16 bits per heavy atom. The monoisotopic (exact) mass is 277 g/mol. The van der Waals surface area contributed by atoms with Gasteiger partial charge in [0, 0.05) is 16.6 Å². The van der Waals surface area contributed by atoms with Crippen LogP contribution in [0.25, 0.3) is 0 Å². The molecule has 3 nitrogen and oxygen atoms in total. The fraction of sp³-hybridized carbons (Fsp3) is 0.400. The van der Waals surface area contributed by atoms with Crippen LogP contribution in [0, 0.1) is 27.7 Å². The Hall–Kier alpha value is -1.42. The maximum absolute atomic E-state index is 12.2. The van der Waals surface area contributed by atoms with Gasteiger partial charge in [-0.3, -0.25) is 4.21 Å². The summed E-state index contributed by atoms with van der Waals surface area (Å²) in [5.41, 5.74) is 4.39. The van der Waals surface area contributed by atoms with Crippen molar-refractivity contribution in [2.24, 2.45) is 0 Å². The zero-order valence-corrected chi connectivity index (χ0v) is 12.6. The molecule has 1 atom stereocenters. The number of aromatic nitrogens is 1.